The summed E-state index contributed by atoms with van der Waals surface area (Å²) in [5.41, 5.74) is 15.1. The van der Waals surface area contributed by atoms with Crippen LogP contribution in [0.1, 0.15) is 0 Å². The molecule has 0 atom stereocenters. The molecular formula is C13H19InN2O. The first-order chi connectivity index (χ1) is 7.75. The van der Waals surface area contributed by atoms with Gasteiger partial charge in [0.05, 0.1) is 0 Å². The summed E-state index contributed by atoms with van der Waals surface area (Å²) < 4.78 is 0. The van der Waals surface area contributed by atoms with Crippen LogP contribution in [0.4, 0.5) is 11.4 Å². The van der Waals surface area contributed by atoms with Gasteiger partial charge in [-0.1, -0.05) is 24.3 Å². The molecule has 0 saturated heterocycles. The number of nitrogens with two attached hydrogens (primary N) is 2. The first-order valence-corrected chi connectivity index (χ1v) is 4.92. The maximum atomic E-state index is 7.00. The van der Waals surface area contributed by atoms with Crippen molar-refractivity contribution >= 4 is 37.2 Å². The summed E-state index contributed by atoms with van der Waals surface area (Å²) in [6.45, 7) is 0. The van der Waals surface area contributed by atoms with Crippen LogP contribution in [0.15, 0.2) is 48.5 Å². The van der Waals surface area contributed by atoms with Gasteiger partial charge in [0.1, 0.15) is 0 Å². The quantitative estimate of drug-likeness (QED) is 0.680. The van der Waals surface area contributed by atoms with E-state index < -0.39 is 0 Å². The van der Waals surface area contributed by atoms with Gasteiger partial charge in [-0.05, 0) is 35.4 Å². The van der Waals surface area contributed by atoms with E-state index in [0.29, 0.717) is 0 Å². The average molecular weight is 334 g/mol. The van der Waals surface area contributed by atoms with Gasteiger partial charge in [-0.25, -0.2) is 0 Å². The fraction of sp³-hybridized carbons (Fsp3) is 0.0769. The number of aliphatic hydroxyl groups excluding tert-OH is 1. The zero-order valence-corrected chi connectivity index (χ0v) is 9.22. The number of hydrogen-bond acceptors (Lipinski definition) is 3. The third kappa shape index (κ3) is 4.71. The molecule has 2 aromatic carbocycles. The number of hydrogen-bond donors (Lipinski definition) is 3. The van der Waals surface area contributed by atoms with E-state index in [0.717, 1.165) is 29.6 Å². The molecule has 0 aliphatic heterocycles. The molecule has 0 aliphatic carbocycles. The molecule has 0 bridgehead atoms. The molecule has 0 heterocycles. The van der Waals surface area contributed by atoms with Crippen molar-refractivity contribution in [3.63, 3.8) is 0 Å². The molecular weight excluding hydrogens is 315 g/mol. The molecule has 0 spiro atoms. The van der Waals surface area contributed by atoms with E-state index in [2.05, 4.69) is 0 Å². The predicted octanol–water partition coefficient (Wildman–Crippen LogP) is 0.943. The van der Waals surface area contributed by atoms with Gasteiger partial charge in [-0.2, -0.15) is 0 Å². The first kappa shape index (κ1) is 15.9. The molecule has 0 aromatic heterocycles. The fourth-order valence-corrected chi connectivity index (χ4v) is 1.35. The van der Waals surface area contributed by atoms with Gasteiger partial charge in [0.25, 0.3) is 0 Å². The Morgan fingerprint density at radius 2 is 0.882 bits per heavy atom. The standard InChI is InChI=1S/C12H12N2.CH4O.In.3H/c13-11-5-1-9(2-6-11)10-3-7-12(14)8-4-10;1-2;;;;/h1-8H,13-14H2;2H,1H3;;;;. The minimum absolute atomic E-state index is 0. The number of aliphatic hydroxyl groups is 1. The van der Waals surface area contributed by atoms with E-state index in [1.807, 2.05) is 48.5 Å². The number of benzene rings is 2. The van der Waals surface area contributed by atoms with Crippen LogP contribution in [0.25, 0.3) is 11.1 Å². The summed E-state index contributed by atoms with van der Waals surface area (Å²) in [6.07, 6.45) is 0. The Morgan fingerprint density at radius 3 is 1.12 bits per heavy atom. The van der Waals surface area contributed by atoms with Crippen LogP contribution >= 0.6 is 0 Å². The van der Waals surface area contributed by atoms with Crippen molar-refractivity contribution in [3.8, 4) is 11.1 Å². The van der Waals surface area contributed by atoms with Crippen molar-refractivity contribution in [1.82, 2.24) is 0 Å². The molecule has 90 valence electrons. The average Bonchev–Trinajstić information content (AvgIpc) is 2.34. The molecule has 0 aliphatic rings. The van der Waals surface area contributed by atoms with Gasteiger partial charge in [0.15, 0.2) is 0 Å². The van der Waals surface area contributed by atoms with Gasteiger partial charge >= 0.3 is 25.8 Å². The second-order valence-electron chi connectivity index (χ2n) is 3.24. The van der Waals surface area contributed by atoms with Crippen LogP contribution in [0.2, 0.25) is 0 Å². The van der Waals surface area contributed by atoms with Gasteiger partial charge in [0.2, 0.25) is 0 Å². The van der Waals surface area contributed by atoms with Crippen LogP contribution in [0.5, 0.6) is 0 Å². The molecule has 0 saturated carbocycles. The molecule has 0 unspecified atom stereocenters. The Balaban J connectivity index is 0.000000811. The van der Waals surface area contributed by atoms with Crippen LogP contribution in [0, 0.1) is 0 Å². The Labute approximate surface area is 120 Å². The third-order valence-electron chi connectivity index (χ3n) is 2.15. The van der Waals surface area contributed by atoms with Crippen LogP contribution < -0.4 is 11.5 Å². The van der Waals surface area contributed by atoms with E-state index in [1.54, 1.807) is 0 Å². The maximum absolute atomic E-state index is 7.00. The molecule has 3 nitrogen and oxygen atoms in total. The van der Waals surface area contributed by atoms with Crippen molar-refractivity contribution in [2.75, 3.05) is 18.6 Å². The predicted molar refractivity (Wildman–Crippen MR) is 78.8 cm³/mol. The zero-order valence-electron chi connectivity index (χ0n) is 9.22. The van der Waals surface area contributed by atoms with Gasteiger partial charge in [-0.15, -0.1) is 0 Å². The van der Waals surface area contributed by atoms with Gasteiger partial charge in [-0.3, -0.25) is 0 Å². The summed E-state index contributed by atoms with van der Waals surface area (Å²) in [5, 5.41) is 7.00. The Hall–Kier alpha value is -1.13. The van der Waals surface area contributed by atoms with Crippen LogP contribution in [0.3, 0.4) is 0 Å². The number of anilines is 2. The van der Waals surface area contributed by atoms with Crippen molar-refractivity contribution < 1.29 is 5.11 Å². The monoisotopic (exact) mass is 334 g/mol. The van der Waals surface area contributed by atoms with Crippen molar-refractivity contribution in [2.45, 2.75) is 0 Å². The second kappa shape index (κ2) is 8.03. The topological polar surface area (TPSA) is 72.3 Å². The summed E-state index contributed by atoms with van der Waals surface area (Å²) in [7, 11) is 1.00. The van der Waals surface area contributed by atoms with E-state index >= 15 is 0 Å². The first-order valence-electron chi connectivity index (χ1n) is 4.92. The van der Waals surface area contributed by atoms with Crippen molar-refractivity contribution in [2.24, 2.45) is 0 Å². The second-order valence-corrected chi connectivity index (χ2v) is 3.24. The summed E-state index contributed by atoms with van der Waals surface area (Å²) in [4.78, 5) is 0. The van der Waals surface area contributed by atoms with Crippen molar-refractivity contribution in [1.29, 1.82) is 0 Å². The molecule has 5 N–H and O–H groups in total. The SMILES string of the molecule is CO.Nc1ccc(-c2ccc(N)cc2)cc1.[InH3]. The normalized spacial score (nSPS) is 8.59. The summed E-state index contributed by atoms with van der Waals surface area (Å²) in [6, 6.07) is 15.6. The third-order valence-corrected chi connectivity index (χ3v) is 2.15. The van der Waals surface area contributed by atoms with E-state index in [4.69, 9.17) is 16.6 Å². The summed E-state index contributed by atoms with van der Waals surface area (Å²) >= 11 is 0. The van der Waals surface area contributed by atoms with Crippen molar-refractivity contribution in [3.05, 3.63) is 48.5 Å². The molecule has 4 heteroatoms. The molecule has 0 fully saturated rings. The number of rotatable bonds is 1. The van der Waals surface area contributed by atoms with Crippen LogP contribution in [-0.4, -0.2) is 38.1 Å². The molecule has 2 rings (SSSR count). The number of nitrogen functional groups attached to an aromatic ring is 2. The fourth-order valence-electron chi connectivity index (χ4n) is 1.35. The Kier molecular flexibility index (Phi) is 7.50. The van der Waals surface area contributed by atoms with E-state index in [-0.39, 0.29) is 25.8 Å². The molecule has 2 aromatic rings. The molecule has 0 radical (unpaired) electrons. The molecule has 17 heavy (non-hydrogen) atoms. The van der Waals surface area contributed by atoms with Gasteiger partial charge < -0.3 is 16.6 Å². The Bertz CT molecular complexity index is 383. The molecule has 0 amide bonds. The summed E-state index contributed by atoms with van der Waals surface area (Å²) in [5.74, 6) is 0. The zero-order chi connectivity index (χ0) is 12.0. The van der Waals surface area contributed by atoms with E-state index in [1.165, 1.54) is 0 Å². The Morgan fingerprint density at radius 1 is 0.647 bits per heavy atom. The van der Waals surface area contributed by atoms with Gasteiger partial charge in [0, 0.05) is 18.5 Å². The van der Waals surface area contributed by atoms with Crippen LogP contribution in [-0.2, 0) is 0 Å². The van der Waals surface area contributed by atoms with E-state index in [9.17, 15) is 0 Å². The minimum atomic E-state index is 0.